The number of sulfonamides is 2. The van der Waals surface area contributed by atoms with Crippen molar-refractivity contribution in [2.75, 3.05) is 58.8 Å². The quantitative estimate of drug-likeness (QED) is 0.0530. The molecule has 0 aliphatic heterocycles. The predicted octanol–water partition coefficient (Wildman–Crippen LogP) is 5.70. The summed E-state index contributed by atoms with van der Waals surface area (Å²) >= 11 is 0. The molecule has 408 valence electrons. The molecule has 6 aromatic rings. The molecule has 0 aliphatic carbocycles. The molecule has 0 bridgehead atoms. The molecule has 17 nitrogen and oxygen atoms in total. The summed E-state index contributed by atoms with van der Waals surface area (Å²) in [5.74, 6) is 1.86. The van der Waals surface area contributed by atoms with Crippen molar-refractivity contribution in [3.8, 4) is 24.7 Å². The molecular weight excluding hydrogens is 1030 g/mol. The number of benzene rings is 6. The van der Waals surface area contributed by atoms with Gasteiger partial charge in [-0.25, -0.2) is 16.8 Å². The van der Waals surface area contributed by atoms with Crippen molar-refractivity contribution in [1.82, 2.24) is 0 Å². The zero-order valence-corrected chi connectivity index (χ0v) is 47.5. The first kappa shape index (κ1) is 64.8. The topological polar surface area (TPSA) is 238 Å². The van der Waals surface area contributed by atoms with Crippen LogP contribution in [-0.4, -0.2) is 109 Å². The van der Waals surface area contributed by atoms with Gasteiger partial charge in [0.2, 0.25) is 0 Å². The summed E-state index contributed by atoms with van der Waals surface area (Å²) in [5.41, 5.74) is 5.93. The fraction of sp³-hybridized carbons (Fsp3) is 0.310. The van der Waals surface area contributed by atoms with Crippen LogP contribution in [0.2, 0.25) is 0 Å². The molecule has 0 aliphatic rings. The fourth-order valence-electron chi connectivity index (χ4n) is 9.69. The molecule has 78 heavy (non-hydrogen) atoms. The van der Waals surface area contributed by atoms with Crippen LogP contribution in [0.25, 0.3) is 21.5 Å². The third-order valence-electron chi connectivity index (χ3n) is 12.7. The molecule has 0 saturated carbocycles. The van der Waals surface area contributed by atoms with Gasteiger partial charge in [0.1, 0.15) is 13.1 Å². The Morgan fingerprint density at radius 2 is 0.846 bits per heavy atom. The van der Waals surface area contributed by atoms with Crippen LogP contribution in [-0.2, 0) is 48.7 Å². The number of carboxylic acid groups (broad SMARTS) is 2. The minimum atomic E-state index is -4.27. The molecule has 0 unspecified atom stereocenters. The largest absolute Gasteiger partial charge is 1.00 e. The van der Waals surface area contributed by atoms with Crippen molar-refractivity contribution < 1.29 is 80.0 Å². The number of carbonyl (C=O) groups excluding carboxylic acids is 2. The van der Waals surface area contributed by atoms with Gasteiger partial charge in [-0.15, -0.1) is 12.8 Å². The number of aliphatic carboxylic acids is 2. The van der Waals surface area contributed by atoms with Crippen molar-refractivity contribution in [3.05, 3.63) is 130 Å². The summed E-state index contributed by atoms with van der Waals surface area (Å²) in [7, 11) is -5.90. The van der Waals surface area contributed by atoms with Gasteiger partial charge in [-0.1, -0.05) is 95.8 Å². The second-order valence-electron chi connectivity index (χ2n) is 18.5. The fourth-order valence-corrected chi connectivity index (χ4v) is 13.4. The Labute approximate surface area is 469 Å². The van der Waals surface area contributed by atoms with Crippen LogP contribution in [0.3, 0.4) is 0 Å². The van der Waals surface area contributed by atoms with Crippen LogP contribution >= 0.6 is 0 Å². The number of anilines is 4. The van der Waals surface area contributed by atoms with Crippen molar-refractivity contribution in [2.24, 2.45) is 0 Å². The number of aryl methyl sites for hydroxylation is 6. The van der Waals surface area contributed by atoms with E-state index in [-0.39, 0.29) is 77.8 Å². The number of carbonyl (C=O) groups is 4. The molecule has 3 N–H and O–H groups in total. The van der Waals surface area contributed by atoms with Gasteiger partial charge < -0.3 is 35.0 Å². The summed E-state index contributed by atoms with van der Waals surface area (Å²) < 4.78 is 68.1. The maximum atomic E-state index is 14.2. The summed E-state index contributed by atoms with van der Waals surface area (Å²) in [5, 5.41) is 21.4. The Morgan fingerprint density at radius 3 is 1.17 bits per heavy atom. The van der Waals surface area contributed by atoms with E-state index in [1.54, 1.807) is 124 Å². The van der Waals surface area contributed by atoms with E-state index in [2.05, 4.69) is 11.8 Å². The normalized spacial score (nSPS) is 11.7. The Kier molecular flexibility index (Phi) is 23.0. The number of methoxy groups -OCH3 is 2. The second-order valence-corrected chi connectivity index (χ2v) is 22.1. The van der Waals surface area contributed by atoms with E-state index in [0.717, 1.165) is 25.4 Å². The minimum absolute atomic E-state index is 0. The number of hydrogen-bond acceptors (Lipinski definition) is 13. The number of esters is 2. The monoisotopic (exact) mass is 1100 g/mol. The van der Waals surface area contributed by atoms with E-state index < -0.39 is 57.1 Å². The zero-order chi connectivity index (χ0) is 56.4. The molecule has 0 spiro atoms. The van der Waals surface area contributed by atoms with Crippen LogP contribution in [0.4, 0.5) is 22.7 Å². The van der Waals surface area contributed by atoms with Crippen molar-refractivity contribution in [1.29, 1.82) is 0 Å². The number of nitrogens with zero attached hydrogens (tertiary/aromatic N) is 4. The van der Waals surface area contributed by atoms with Gasteiger partial charge in [-0.05, 0) is 102 Å². The van der Waals surface area contributed by atoms with Crippen molar-refractivity contribution in [3.63, 3.8) is 0 Å². The van der Waals surface area contributed by atoms with Gasteiger partial charge in [-0.2, -0.15) is 0 Å². The maximum absolute atomic E-state index is 14.2. The smallest absolute Gasteiger partial charge is 0.870 e. The molecule has 0 saturated heterocycles. The van der Waals surface area contributed by atoms with Crippen LogP contribution in [0.5, 0.6) is 0 Å². The maximum Gasteiger partial charge on any atom is 1.00 e. The Bertz CT molecular complexity index is 3470. The number of ether oxygens (including phenoxy) is 2. The first-order chi connectivity index (χ1) is 35.8. The van der Waals surface area contributed by atoms with Gasteiger partial charge >= 0.3 is 42.7 Å². The summed E-state index contributed by atoms with van der Waals surface area (Å²) in [6.45, 7) is 13.3. The first-order valence-corrected chi connectivity index (χ1v) is 26.9. The van der Waals surface area contributed by atoms with Gasteiger partial charge in [0.15, 0.2) is 0 Å². The molecule has 6 rings (SSSR count). The van der Waals surface area contributed by atoms with Crippen LogP contribution in [0, 0.1) is 66.2 Å². The van der Waals surface area contributed by atoms with Gasteiger partial charge in [0.05, 0.1) is 61.3 Å². The third-order valence-corrected chi connectivity index (χ3v) is 16.9. The Balaban J connectivity index is 0.000000401. The molecule has 0 radical (unpaired) electrons. The van der Waals surface area contributed by atoms with E-state index in [1.807, 2.05) is 37.8 Å². The van der Waals surface area contributed by atoms with E-state index in [0.29, 0.717) is 55.2 Å². The van der Waals surface area contributed by atoms with Gasteiger partial charge in [0, 0.05) is 45.0 Å². The van der Waals surface area contributed by atoms with Gasteiger partial charge in [-0.3, -0.25) is 27.8 Å². The number of fused-ring (bicyclic) bond motifs is 2. The van der Waals surface area contributed by atoms with E-state index in [4.69, 9.17) is 22.3 Å². The van der Waals surface area contributed by atoms with Crippen molar-refractivity contribution >= 4 is 88.2 Å². The van der Waals surface area contributed by atoms with Crippen LogP contribution < -0.4 is 37.3 Å². The Hall–Kier alpha value is -7.50. The van der Waals surface area contributed by atoms with E-state index in [1.165, 1.54) is 14.2 Å². The van der Waals surface area contributed by atoms with E-state index >= 15 is 0 Å². The Morgan fingerprint density at radius 1 is 0.526 bits per heavy atom. The third kappa shape index (κ3) is 14.5. The number of rotatable bonds is 20. The van der Waals surface area contributed by atoms with Gasteiger partial charge in [0.25, 0.3) is 20.0 Å². The van der Waals surface area contributed by atoms with Crippen LogP contribution in [0.1, 0.15) is 60.1 Å². The SMILES string of the molecule is C#CCN(c1ccc(N(CC(=O)O)S(=O)(=O)c2c(C)cc(C)cc2C)c2ccccc12)[C@@H](C)CC(=O)O.C#CCN(c1ccc(N(CC(=O)OC)S(=O)(=O)c2c(C)cc(C)cc2C)c2ccccc12)[C@@H](C)CC(=O)OC.[Li+].[OH-]. The molecule has 20 heteroatoms. The standard InChI is InChI=1S/C30H34N2O6S.C28H30N2O6S.Li.H2O/c1-8-15-31(23(5)18-28(33)37-6)26-13-14-27(25-12-10-9-11-24(25)26)32(19-29(34)38-7)39(35,36)30-21(3)16-20(2)17-22(30)4;1-6-13-29(21(5)16-26(31)32)24-11-12-25(23-10-8-7-9-22(23)24)30(17-27(33)34)37(35,36)28-19(3)14-18(2)15-20(28)4;;/h1,9-14,16-17,23H,15,18-19H2,2-7H3;1,7-12,14-15,21H,13,16-17H2,2-5H3,(H,31,32)(H,33,34);;1H2/q;;+1;/p-1/t23-;21-;;/m00../s1. The van der Waals surface area contributed by atoms with Crippen molar-refractivity contribution in [2.45, 2.75) is 90.1 Å². The second kappa shape index (κ2) is 27.7. The summed E-state index contributed by atoms with van der Waals surface area (Å²) in [6.07, 6.45) is 11.2. The predicted molar refractivity (Wildman–Crippen MR) is 300 cm³/mol. The average molecular weight is 1100 g/mol. The molecule has 0 fully saturated rings. The number of terminal acetylenes is 2. The van der Waals surface area contributed by atoms with Crippen LogP contribution in [0.15, 0.2) is 107 Å². The first-order valence-electron chi connectivity index (χ1n) is 24.1. The summed E-state index contributed by atoms with van der Waals surface area (Å²) in [6, 6.07) is 27.3. The molecule has 2 atom stereocenters. The summed E-state index contributed by atoms with van der Waals surface area (Å²) in [4.78, 5) is 51.6. The number of carboxylic acids is 2. The zero-order valence-electron chi connectivity index (χ0n) is 45.8. The molecule has 0 amide bonds. The molecule has 0 aromatic heterocycles. The number of hydrogen-bond donors (Lipinski definition) is 2. The molecule has 0 heterocycles. The van der Waals surface area contributed by atoms with E-state index in [9.17, 15) is 46.2 Å². The molecular formula is C58H65LiN4O13S2. The minimum Gasteiger partial charge on any atom is -0.870 e. The average Bonchev–Trinajstić information content (AvgIpc) is 3.34. The molecule has 6 aromatic carbocycles.